The molecule has 33 heavy (non-hydrogen) atoms. The van der Waals surface area contributed by atoms with Crippen LogP contribution in [-0.2, 0) is 25.6 Å². The van der Waals surface area contributed by atoms with Crippen LogP contribution in [-0.4, -0.2) is 81.2 Å². The molecule has 0 spiro atoms. The highest BCUT2D eigenvalue weighted by Gasteiger charge is 2.29. The number of aromatic amines is 1. The Hall–Kier alpha value is -2.74. The number of para-hydroxylation sites is 1. The van der Waals surface area contributed by atoms with Crippen LogP contribution >= 0.6 is 25.3 Å². The number of aliphatic carboxylic acids is 1. The molecule has 0 saturated carbocycles. The van der Waals surface area contributed by atoms with Gasteiger partial charge in [-0.15, -0.1) is 0 Å². The van der Waals surface area contributed by atoms with E-state index in [1.807, 2.05) is 24.3 Å². The molecule has 0 saturated heterocycles. The second-order valence-electron chi connectivity index (χ2n) is 7.24. The average Bonchev–Trinajstić information content (AvgIpc) is 3.21. The van der Waals surface area contributed by atoms with E-state index >= 15 is 0 Å². The monoisotopic (exact) mass is 497 g/mol. The van der Waals surface area contributed by atoms with Gasteiger partial charge in [0.2, 0.25) is 17.7 Å². The van der Waals surface area contributed by atoms with Crippen LogP contribution in [0.2, 0.25) is 0 Å². The van der Waals surface area contributed by atoms with Crippen LogP contribution in [0, 0.1) is 0 Å². The number of aliphatic hydroxyl groups is 1. The van der Waals surface area contributed by atoms with Crippen LogP contribution < -0.4 is 21.7 Å². The summed E-state index contributed by atoms with van der Waals surface area (Å²) in [6, 6.07) is 2.69. The molecular weight excluding hydrogens is 470 g/mol. The summed E-state index contributed by atoms with van der Waals surface area (Å²) in [7, 11) is 0. The Morgan fingerprint density at radius 2 is 1.52 bits per heavy atom. The first-order chi connectivity index (χ1) is 15.7. The third-order valence-electron chi connectivity index (χ3n) is 4.88. The number of fused-ring (bicyclic) bond motifs is 1. The number of rotatable bonds is 12. The van der Waals surface area contributed by atoms with Gasteiger partial charge in [0.25, 0.3) is 0 Å². The standard InChI is InChI=1S/C20H27N5O6S2/c21-12(5-10-6-22-13-4-2-1-3-11(10)13)17(27)23-14(7-26)18(28)24-15(8-32)19(29)25-16(9-33)20(30)31/h1-4,6,12,14-16,22,26,32-33H,5,7-9,21H2,(H,23,27)(H,24,28)(H,25,29)(H,30,31). The molecular formula is C20H27N5O6S2. The number of nitrogens with two attached hydrogens (primary N) is 1. The van der Waals surface area contributed by atoms with E-state index in [9.17, 15) is 24.3 Å². The van der Waals surface area contributed by atoms with E-state index in [1.54, 1.807) is 6.20 Å². The fourth-order valence-corrected chi connectivity index (χ4v) is 3.53. The number of carbonyl (C=O) groups is 4. The third-order valence-corrected chi connectivity index (χ3v) is 5.61. The quantitative estimate of drug-likeness (QED) is 0.158. The second-order valence-corrected chi connectivity index (χ2v) is 7.97. The fraction of sp³-hybridized carbons (Fsp3) is 0.400. The minimum Gasteiger partial charge on any atom is -0.480 e. The maximum Gasteiger partial charge on any atom is 0.327 e. The number of thiol groups is 2. The number of carboxylic acids is 1. The van der Waals surface area contributed by atoms with E-state index in [-0.39, 0.29) is 17.9 Å². The normalized spacial score (nSPS) is 14.7. The van der Waals surface area contributed by atoms with Crippen molar-refractivity contribution in [2.45, 2.75) is 30.6 Å². The number of carboxylic acid groups (broad SMARTS) is 1. The zero-order chi connectivity index (χ0) is 24.5. The van der Waals surface area contributed by atoms with E-state index in [4.69, 9.17) is 10.8 Å². The smallest absolute Gasteiger partial charge is 0.327 e. The van der Waals surface area contributed by atoms with Gasteiger partial charge in [-0.05, 0) is 18.1 Å². The molecule has 4 unspecified atom stereocenters. The first-order valence-electron chi connectivity index (χ1n) is 9.98. The molecule has 1 aromatic carbocycles. The summed E-state index contributed by atoms with van der Waals surface area (Å²) in [5.41, 5.74) is 7.72. The highest BCUT2D eigenvalue weighted by Crippen LogP contribution is 2.18. The van der Waals surface area contributed by atoms with E-state index < -0.39 is 54.5 Å². The molecule has 8 N–H and O–H groups in total. The summed E-state index contributed by atoms with van der Waals surface area (Å²) in [4.78, 5) is 51.4. The van der Waals surface area contributed by atoms with Crippen molar-refractivity contribution in [2.24, 2.45) is 5.73 Å². The molecule has 0 fully saturated rings. The number of hydrogen-bond donors (Lipinski definition) is 9. The van der Waals surface area contributed by atoms with Gasteiger partial charge in [0.1, 0.15) is 18.1 Å². The Bertz CT molecular complexity index is 1000. The predicted octanol–water partition coefficient (Wildman–Crippen LogP) is -1.57. The van der Waals surface area contributed by atoms with Crippen molar-refractivity contribution in [3.8, 4) is 0 Å². The van der Waals surface area contributed by atoms with Crippen LogP contribution in [0.25, 0.3) is 10.9 Å². The Morgan fingerprint density at radius 3 is 2.12 bits per heavy atom. The number of benzene rings is 1. The average molecular weight is 498 g/mol. The zero-order valence-electron chi connectivity index (χ0n) is 17.5. The molecule has 2 rings (SSSR count). The maximum absolute atomic E-state index is 12.5. The van der Waals surface area contributed by atoms with Crippen molar-refractivity contribution < 1.29 is 29.4 Å². The number of amides is 3. The number of aromatic nitrogens is 1. The van der Waals surface area contributed by atoms with Gasteiger partial charge >= 0.3 is 5.97 Å². The van der Waals surface area contributed by atoms with Gasteiger partial charge in [-0.3, -0.25) is 14.4 Å². The summed E-state index contributed by atoms with van der Waals surface area (Å²) in [5.74, 6) is -3.90. The number of hydrogen-bond acceptors (Lipinski definition) is 8. The predicted molar refractivity (Wildman–Crippen MR) is 128 cm³/mol. The molecule has 1 aromatic heterocycles. The molecule has 1 heterocycles. The van der Waals surface area contributed by atoms with E-state index in [2.05, 4.69) is 46.2 Å². The van der Waals surface area contributed by atoms with Crippen LogP contribution in [0.5, 0.6) is 0 Å². The molecule has 0 aliphatic carbocycles. The molecule has 180 valence electrons. The zero-order valence-corrected chi connectivity index (χ0v) is 19.3. The van der Waals surface area contributed by atoms with Crippen LogP contribution in [0.15, 0.2) is 30.5 Å². The summed E-state index contributed by atoms with van der Waals surface area (Å²) in [5, 5.41) is 26.4. The van der Waals surface area contributed by atoms with Crippen LogP contribution in [0.3, 0.4) is 0 Å². The lowest BCUT2D eigenvalue weighted by molar-refractivity contribution is -0.141. The van der Waals surface area contributed by atoms with E-state index in [0.717, 1.165) is 16.5 Å². The highest BCUT2D eigenvalue weighted by molar-refractivity contribution is 7.80. The lowest BCUT2D eigenvalue weighted by Crippen LogP contribution is -2.58. The van der Waals surface area contributed by atoms with Gasteiger partial charge in [-0.1, -0.05) is 18.2 Å². The molecule has 0 aliphatic rings. The summed E-state index contributed by atoms with van der Waals surface area (Å²) in [6.07, 6.45) is 1.94. The maximum atomic E-state index is 12.5. The van der Waals surface area contributed by atoms with Crippen molar-refractivity contribution in [3.63, 3.8) is 0 Å². The molecule has 13 heteroatoms. The number of carbonyl (C=O) groups excluding carboxylic acids is 3. The Labute approximate surface area is 200 Å². The summed E-state index contributed by atoms with van der Waals surface area (Å²) >= 11 is 7.85. The van der Waals surface area contributed by atoms with Gasteiger partial charge in [0.15, 0.2) is 0 Å². The Morgan fingerprint density at radius 1 is 0.939 bits per heavy atom. The first-order valence-corrected chi connectivity index (χ1v) is 11.2. The van der Waals surface area contributed by atoms with Crippen LogP contribution in [0.4, 0.5) is 0 Å². The summed E-state index contributed by atoms with van der Waals surface area (Å²) in [6.45, 7) is -0.743. The largest absolute Gasteiger partial charge is 0.480 e. The molecule has 2 aromatic rings. The van der Waals surface area contributed by atoms with Gasteiger partial charge in [-0.2, -0.15) is 25.3 Å². The van der Waals surface area contributed by atoms with Crippen molar-refractivity contribution in [3.05, 3.63) is 36.0 Å². The summed E-state index contributed by atoms with van der Waals surface area (Å²) < 4.78 is 0. The van der Waals surface area contributed by atoms with Crippen molar-refractivity contribution in [1.29, 1.82) is 0 Å². The number of H-pyrrole nitrogens is 1. The van der Waals surface area contributed by atoms with E-state index in [0.29, 0.717) is 0 Å². The van der Waals surface area contributed by atoms with Crippen LogP contribution in [0.1, 0.15) is 5.56 Å². The third kappa shape index (κ3) is 7.12. The Kier molecular flexibility index (Phi) is 10.0. The number of aliphatic hydroxyl groups excluding tert-OH is 1. The second kappa shape index (κ2) is 12.5. The Balaban J connectivity index is 1.97. The van der Waals surface area contributed by atoms with Gasteiger partial charge in [0.05, 0.1) is 12.6 Å². The van der Waals surface area contributed by atoms with Gasteiger partial charge in [0, 0.05) is 28.6 Å². The first kappa shape index (κ1) is 26.5. The van der Waals surface area contributed by atoms with Crippen molar-refractivity contribution in [2.75, 3.05) is 18.1 Å². The van der Waals surface area contributed by atoms with Gasteiger partial charge in [-0.25, -0.2) is 4.79 Å². The lowest BCUT2D eigenvalue weighted by atomic mass is 10.0. The van der Waals surface area contributed by atoms with Gasteiger partial charge < -0.3 is 36.9 Å². The molecule has 11 nitrogen and oxygen atoms in total. The molecule has 4 atom stereocenters. The van der Waals surface area contributed by atoms with Crippen molar-refractivity contribution in [1.82, 2.24) is 20.9 Å². The fourth-order valence-electron chi connectivity index (χ4n) is 3.03. The minimum atomic E-state index is -1.37. The molecule has 0 aliphatic heterocycles. The molecule has 0 radical (unpaired) electrons. The molecule has 0 bridgehead atoms. The van der Waals surface area contributed by atoms with E-state index in [1.165, 1.54) is 0 Å². The minimum absolute atomic E-state index is 0.150. The topological polar surface area (TPSA) is 187 Å². The lowest BCUT2D eigenvalue weighted by Gasteiger charge is -2.23. The SMILES string of the molecule is NC(Cc1c[nH]c2ccccc12)C(=O)NC(CO)C(=O)NC(CS)C(=O)NC(CS)C(=O)O. The number of nitrogens with one attached hydrogen (secondary N) is 4. The van der Waals surface area contributed by atoms with Crippen molar-refractivity contribution >= 4 is 59.9 Å². The highest BCUT2D eigenvalue weighted by atomic mass is 32.1. The molecule has 3 amide bonds.